The molecule has 4 heteroatoms. The zero-order chi connectivity index (χ0) is 11.4. The number of halogens is 1. The molecule has 0 aliphatic rings. The largest absolute Gasteiger partial charge is 0.397 e. The van der Waals surface area contributed by atoms with E-state index in [-0.39, 0.29) is 0 Å². The average molecular weight is 272 g/mol. The monoisotopic (exact) mass is 271 g/mol. The average Bonchev–Trinajstić information content (AvgIpc) is 2.15. The third-order valence-electron chi connectivity index (χ3n) is 2.59. The van der Waals surface area contributed by atoms with Gasteiger partial charge < -0.3 is 11.1 Å². The fourth-order valence-electron chi connectivity index (χ4n) is 1.08. The van der Waals surface area contributed by atoms with E-state index in [9.17, 15) is 0 Å². The van der Waals surface area contributed by atoms with Gasteiger partial charge in [-0.2, -0.15) is 0 Å². The first-order valence-corrected chi connectivity index (χ1v) is 5.95. The van der Waals surface area contributed by atoms with Gasteiger partial charge >= 0.3 is 0 Å². The van der Waals surface area contributed by atoms with E-state index in [2.05, 4.69) is 47.0 Å². The van der Waals surface area contributed by atoms with Crippen LogP contribution in [0.15, 0.2) is 16.7 Å². The fraction of sp³-hybridized carbons (Fsp3) is 0.545. The summed E-state index contributed by atoms with van der Waals surface area (Å²) in [5, 5.41) is 3.31. The summed E-state index contributed by atoms with van der Waals surface area (Å²) >= 11 is 3.43. The maximum Gasteiger partial charge on any atom is 0.140 e. The van der Waals surface area contributed by atoms with Gasteiger partial charge in [0.05, 0.1) is 16.4 Å². The van der Waals surface area contributed by atoms with Crippen LogP contribution < -0.4 is 11.1 Å². The molecule has 3 N–H and O–H groups in total. The lowest BCUT2D eigenvalue weighted by atomic mass is 9.98. The number of aromatic nitrogens is 1. The van der Waals surface area contributed by atoms with Gasteiger partial charge in [-0.05, 0) is 33.8 Å². The van der Waals surface area contributed by atoms with Gasteiger partial charge in [-0.3, -0.25) is 0 Å². The highest BCUT2D eigenvalue weighted by molar-refractivity contribution is 9.10. The van der Waals surface area contributed by atoms with Crippen LogP contribution >= 0.6 is 15.9 Å². The van der Waals surface area contributed by atoms with Crippen LogP contribution in [0.1, 0.15) is 20.8 Å². The summed E-state index contributed by atoms with van der Waals surface area (Å²) in [6.45, 7) is 7.59. The minimum absolute atomic E-state index is 0.622. The number of hydrogen-bond acceptors (Lipinski definition) is 3. The maximum absolute atomic E-state index is 5.61. The molecule has 1 rings (SSSR count). The quantitative estimate of drug-likeness (QED) is 0.885. The summed E-state index contributed by atoms with van der Waals surface area (Å²) in [4.78, 5) is 4.23. The highest BCUT2D eigenvalue weighted by atomic mass is 79.9. The topological polar surface area (TPSA) is 50.9 Å². The normalized spacial score (nSPS) is 12.9. The third kappa shape index (κ3) is 3.70. The molecule has 0 radical (unpaired) electrons. The number of anilines is 2. The fourth-order valence-corrected chi connectivity index (χ4v) is 1.58. The summed E-state index contributed by atoms with van der Waals surface area (Å²) in [6, 6.07) is 1.86. The third-order valence-corrected chi connectivity index (χ3v) is 3.20. The minimum Gasteiger partial charge on any atom is -0.397 e. The predicted molar refractivity (Wildman–Crippen MR) is 68.8 cm³/mol. The van der Waals surface area contributed by atoms with Crippen LogP contribution in [0.5, 0.6) is 0 Å². The van der Waals surface area contributed by atoms with Gasteiger partial charge in [-0.15, -0.1) is 0 Å². The van der Waals surface area contributed by atoms with Crippen molar-refractivity contribution in [2.75, 3.05) is 17.6 Å². The van der Waals surface area contributed by atoms with Crippen LogP contribution in [0.4, 0.5) is 11.5 Å². The van der Waals surface area contributed by atoms with Crippen molar-refractivity contribution in [3.05, 3.63) is 16.7 Å². The van der Waals surface area contributed by atoms with Crippen molar-refractivity contribution in [2.45, 2.75) is 20.8 Å². The molecule has 0 saturated heterocycles. The molecule has 0 aliphatic carbocycles. The SMILES string of the molecule is CC(C)C(C)CNc1ncc(N)cc1Br. The van der Waals surface area contributed by atoms with Crippen molar-refractivity contribution in [1.29, 1.82) is 0 Å². The van der Waals surface area contributed by atoms with E-state index in [1.165, 1.54) is 0 Å². The summed E-state index contributed by atoms with van der Waals surface area (Å²) in [5.74, 6) is 2.15. The van der Waals surface area contributed by atoms with Crippen LogP contribution in [-0.2, 0) is 0 Å². The van der Waals surface area contributed by atoms with Gasteiger partial charge in [-0.1, -0.05) is 20.8 Å². The van der Waals surface area contributed by atoms with Gasteiger partial charge in [0, 0.05) is 6.54 Å². The molecule has 1 aromatic rings. The molecule has 3 nitrogen and oxygen atoms in total. The molecule has 0 saturated carbocycles. The summed E-state index contributed by atoms with van der Waals surface area (Å²) in [7, 11) is 0. The zero-order valence-electron chi connectivity index (χ0n) is 9.42. The molecule has 1 atom stereocenters. The molecule has 0 amide bonds. The molecule has 0 aliphatic heterocycles. The lowest BCUT2D eigenvalue weighted by Crippen LogP contribution is -2.17. The Hall–Kier alpha value is -0.770. The first-order valence-electron chi connectivity index (χ1n) is 5.15. The van der Waals surface area contributed by atoms with Gasteiger partial charge in [0.25, 0.3) is 0 Å². The molecule has 15 heavy (non-hydrogen) atoms. The van der Waals surface area contributed by atoms with E-state index < -0.39 is 0 Å². The van der Waals surface area contributed by atoms with E-state index in [0.717, 1.165) is 16.8 Å². The Morgan fingerprint density at radius 1 is 1.47 bits per heavy atom. The van der Waals surface area contributed by atoms with Crippen molar-refractivity contribution < 1.29 is 0 Å². The zero-order valence-corrected chi connectivity index (χ0v) is 11.0. The molecule has 84 valence electrons. The number of nitrogen functional groups attached to an aromatic ring is 1. The van der Waals surface area contributed by atoms with Gasteiger partial charge in [0.2, 0.25) is 0 Å². The number of pyridine rings is 1. The molecule has 1 unspecified atom stereocenters. The van der Waals surface area contributed by atoms with E-state index in [1.807, 2.05) is 6.07 Å². The van der Waals surface area contributed by atoms with Crippen molar-refractivity contribution in [3.8, 4) is 0 Å². The summed E-state index contributed by atoms with van der Waals surface area (Å²) in [5.41, 5.74) is 6.28. The Morgan fingerprint density at radius 2 is 2.13 bits per heavy atom. The van der Waals surface area contributed by atoms with Crippen LogP contribution in [0.3, 0.4) is 0 Å². The second-order valence-corrected chi connectivity index (χ2v) is 5.06. The molecule has 1 aromatic heterocycles. The van der Waals surface area contributed by atoms with Crippen molar-refractivity contribution >= 4 is 27.4 Å². The minimum atomic E-state index is 0.622. The smallest absolute Gasteiger partial charge is 0.140 e. The standard InChI is InChI=1S/C11H18BrN3/c1-7(2)8(3)5-14-11-10(12)4-9(13)6-15-11/h4,6-8H,5,13H2,1-3H3,(H,14,15). The van der Waals surface area contributed by atoms with E-state index >= 15 is 0 Å². The Bertz CT molecular complexity index is 326. The van der Waals surface area contributed by atoms with Gasteiger partial charge in [0.1, 0.15) is 5.82 Å². The van der Waals surface area contributed by atoms with Crippen molar-refractivity contribution in [3.63, 3.8) is 0 Å². The Kier molecular flexibility index (Phi) is 4.39. The molecular weight excluding hydrogens is 254 g/mol. The summed E-state index contributed by atoms with van der Waals surface area (Å²) < 4.78 is 0.915. The second-order valence-electron chi connectivity index (χ2n) is 4.20. The number of nitrogens with two attached hydrogens (primary N) is 1. The Morgan fingerprint density at radius 3 is 2.67 bits per heavy atom. The van der Waals surface area contributed by atoms with E-state index in [1.54, 1.807) is 6.20 Å². The van der Waals surface area contributed by atoms with Crippen LogP contribution in [0.2, 0.25) is 0 Å². The highest BCUT2D eigenvalue weighted by Gasteiger charge is 2.08. The molecule has 0 fully saturated rings. The van der Waals surface area contributed by atoms with Crippen LogP contribution in [0.25, 0.3) is 0 Å². The van der Waals surface area contributed by atoms with Crippen LogP contribution in [-0.4, -0.2) is 11.5 Å². The first kappa shape index (κ1) is 12.3. The first-order chi connectivity index (χ1) is 7.00. The highest BCUT2D eigenvalue weighted by Crippen LogP contribution is 2.22. The predicted octanol–water partition coefficient (Wildman–Crippen LogP) is 3.13. The number of nitrogens with one attached hydrogen (secondary N) is 1. The van der Waals surface area contributed by atoms with Crippen LogP contribution in [0, 0.1) is 11.8 Å². The molecule has 0 aromatic carbocycles. The lowest BCUT2D eigenvalue weighted by Gasteiger charge is -2.17. The van der Waals surface area contributed by atoms with E-state index in [4.69, 9.17) is 5.73 Å². The lowest BCUT2D eigenvalue weighted by molar-refractivity contribution is 0.439. The second kappa shape index (κ2) is 5.35. The number of rotatable bonds is 4. The van der Waals surface area contributed by atoms with Crippen molar-refractivity contribution in [2.24, 2.45) is 11.8 Å². The summed E-state index contributed by atoms with van der Waals surface area (Å²) in [6.07, 6.45) is 1.66. The molecular formula is C11H18BrN3. The number of nitrogens with zero attached hydrogens (tertiary/aromatic N) is 1. The molecule has 1 heterocycles. The number of hydrogen-bond donors (Lipinski definition) is 2. The van der Waals surface area contributed by atoms with Gasteiger partial charge in [0.15, 0.2) is 0 Å². The Labute approximate surface area is 99.6 Å². The van der Waals surface area contributed by atoms with Crippen molar-refractivity contribution in [1.82, 2.24) is 4.98 Å². The maximum atomic E-state index is 5.61. The van der Waals surface area contributed by atoms with E-state index in [0.29, 0.717) is 17.5 Å². The molecule has 0 bridgehead atoms. The Balaban J connectivity index is 2.58. The van der Waals surface area contributed by atoms with Gasteiger partial charge in [-0.25, -0.2) is 4.98 Å². The molecule has 0 spiro atoms.